The number of phenols is 1. The molecule has 0 radical (unpaired) electrons. The molecule has 124 valence electrons. The smallest absolute Gasteiger partial charge is 0.160 e. The van der Waals surface area contributed by atoms with Crippen molar-refractivity contribution in [2.24, 2.45) is 5.73 Å². The Hall–Kier alpha value is -2.24. The van der Waals surface area contributed by atoms with Crippen LogP contribution in [0.15, 0.2) is 42.5 Å². The number of hydrogen-bond donors (Lipinski definition) is 3. The highest BCUT2D eigenvalue weighted by molar-refractivity contribution is 5.43. The molecule has 0 amide bonds. The average molecular weight is 317 g/mol. The normalized spacial score (nSPS) is 13.4. The van der Waals surface area contributed by atoms with E-state index in [1.807, 2.05) is 18.2 Å². The fourth-order valence-corrected chi connectivity index (χ4v) is 2.45. The van der Waals surface area contributed by atoms with E-state index in [0.29, 0.717) is 23.5 Å². The monoisotopic (exact) mass is 317 g/mol. The summed E-state index contributed by atoms with van der Waals surface area (Å²) in [6.45, 7) is 0. The van der Waals surface area contributed by atoms with Crippen LogP contribution >= 0.6 is 0 Å². The van der Waals surface area contributed by atoms with Gasteiger partial charge in [0.15, 0.2) is 11.5 Å². The Labute approximate surface area is 136 Å². The van der Waals surface area contributed by atoms with Gasteiger partial charge in [-0.15, -0.1) is 0 Å². The van der Waals surface area contributed by atoms with Crippen LogP contribution in [0.5, 0.6) is 17.2 Å². The minimum absolute atomic E-state index is 0.167. The lowest BCUT2D eigenvalue weighted by Gasteiger charge is -2.19. The molecule has 0 spiro atoms. The van der Waals surface area contributed by atoms with E-state index in [-0.39, 0.29) is 5.75 Å². The largest absolute Gasteiger partial charge is 0.508 e. The number of methoxy groups -OCH3 is 2. The molecule has 2 rings (SSSR count). The van der Waals surface area contributed by atoms with Gasteiger partial charge in [-0.1, -0.05) is 18.2 Å². The number of nitrogens with two attached hydrogens (primary N) is 1. The molecule has 0 saturated heterocycles. The number of phenolic OH excluding ortho intramolecular Hbond substituents is 1. The summed E-state index contributed by atoms with van der Waals surface area (Å²) in [5.41, 5.74) is 7.86. The Bertz CT molecular complexity index is 627. The summed E-state index contributed by atoms with van der Waals surface area (Å²) in [7, 11) is 3.20. The lowest BCUT2D eigenvalue weighted by atomic mass is 9.97. The number of aliphatic hydroxyl groups is 1. The van der Waals surface area contributed by atoms with Crippen LogP contribution in [-0.2, 0) is 6.42 Å². The molecular weight excluding hydrogens is 294 g/mol. The van der Waals surface area contributed by atoms with E-state index in [1.165, 1.54) is 0 Å². The Morgan fingerprint density at radius 2 is 1.65 bits per heavy atom. The molecule has 2 aromatic carbocycles. The Kier molecular flexibility index (Phi) is 5.84. The zero-order chi connectivity index (χ0) is 16.8. The van der Waals surface area contributed by atoms with E-state index in [0.717, 1.165) is 12.0 Å². The van der Waals surface area contributed by atoms with Gasteiger partial charge in [0.2, 0.25) is 0 Å². The van der Waals surface area contributed by atoms with Gasteiger partial charge >= 0.3 is 0 Å². The highest BCUT2D eigenvalue weighted by Gasteiger charge is 2.17. The molecule has 23 heavy (non-hydrogen) atoms. The van der Waals surface area contributed by atoms with Crippen LogP contribution in [0, 0.1) is 0 Å². The summed E-state index contributed by atoms with van der Waals surface area (Å²) >= 11 is 0. The molecule has 0 aliphatic rings. The molecular formula is C18H23NO4. The maximum Gasteiger partial charge on any atom is 0.160 e. The number of ether oxygens (including phenoxy) is 2. The molecule has 0 fully saturated rings. The number of hydrogen-bond acceptors (Lipinski definition) is 5. The van der Waals surface area contributed by atoms with Crippen molar-refractivity contribution in [2.75, 3.05) is 14.2 Å². The minimum Gasteiger partial charge on any atom is -0.508 e. The van der Waals surface area contributed by atoms with Crippen molar-refractivity contribution in [3.05, 3.63) is 53.6 Å². The molecule has 0 saturated carbocycles. The van der Waals surface area contributed by atoms with E-state index in [2.05, 4.69) is 0 Å². The number of aliphatic hydroxyl groups excluding tert-OH is 1. The van der Waals surface area contributed by atoms with Gasteiger partial charge in [0, 0.05) is 6.04 Å². The van der Waals surface area contributed by atoms with E-state index in [4.69, 9.17) is 15.2 Å². The zero-order valence-corrected chi connectivity index (χ0v) is 13.4. The van der Waals surface area contributed by atoms with Crippen molar-refractivity contribution in [1.82, 2.24) is 0 Å². The van der Waals surface area contributed by atoms with Crippen molar-refractivity contribution < 1.29 is 19.7 Å². The second-order valence-corrected chi connectivity index (χ2v) is 5.43. The topological polar surface area (TPSA) is 84.9 Å². The molecule has 0 aliphatic carbocycles. The van der Waals surface area contributed by atoms with Crippen LogP contribution in [0.25, 0.3) is 0 Å². The first kappa shape index (κ1) is 17.1. The molecule has 0 heterocycles. The predicted molar refractivity (Wildman–Crippen MR) is 88.9 cm³/mol. The van der Waals surface area contributed by atoms with Gasteiger partial charge in [-0.3, -0.25) is 0 Å². The summed E-state index contributed by atoms with van der Waals surface area (Å²) in [5.74, 6) is 1.53. The van der Waals surface area contributed by atoms with Crippen molar-refractivity contribution in [2.45, 2.75) is 25.0 Å². The molecule has 5 heteroatoms. The molecule has 2 atom stereocenters. The quantitative estimate of drug-likeness (QED) is 0.730. The van der Waals surface area contributed by atoms with Crippen LogP contribution < -0.4 is 15.2 Å². The molecule has 0 bridgehead atoms. The highest BCUT2D eigenvalue weighted by Crippen LogP contribution is 2.28. The Morgan fingerprint density at radius 3 is 2.26 bits per heavy atom. The molecule has 5 nitrogen and oxygen atoms in total. The van der Waals surface area contributed by atoms with Gasteiger partial charge in [-0.25, -0.2) is 0 Å². The predicted octanol–water partition coefficient (Wildman–Crippen LogP) is 2.40. The lowest BCUT2D eigenvalue weighted by molar-refractivity contribution is 0.142. The zero-order valence-electron chi connectivity index (χ0n) is 13.4. The number of aryl methyl sites for hydroxylation is 1. The van der Waals surface area contributed by atoms with E-state index >= 15 is 0 Å². The third-order valence-electron chi connectivity index (χ3n) is 3.85. The molecule has 2 aromatic rings. The van der Waals surface area contributed by atoms with Crippen LogP contribution in [0.3, 0.4) is 0 Å². The molecule has 4 N–H and O–H groups in total. The van der Waals surface area contributed by atoms with Crippen LogP contribution in [-0.4, -0.2) is 30.5 Å². The van der Waals surface area contributed by atoms with Crippen molar-refractivity contribution in [1.29, 1.82) is 0 Å². The summed E-state index contributed by atoms with van der Waals surface area (Å²) in [6.07, 6.45) is 0.574. The van der Waals surface area contributed by atoms with Gasteiger partial charge in [0.25, 0.3) is 0 Å². The third kappa shape index (κ3) is 4.37. The van der Waals surface area contributed by atoms with Crippen molar-refractivity contribution >= 4 is 0 Å². The van der Waals surface area contributed by atoms with E-state index in [1.54, 1.807) is 38.5 Å². The second kappa shape index (κ2) is 7.85. The average Bonchev–Trinajstić information content (AvgIpc) is 2.59. The maximum absolute atomic E-state index is 10.3. The fourth-order valence-electron chi connectivity index (χ4n) is 2.45. The first-order valence-corrected chi connectivity index (χ1v) is 7.48. The van der Waals surface area contributed by atoms with Gasteiger partial charge < -0.3 is 25.4 Å². The summed E-state index contributed by atoms with van der Waals surface area (Å²) in [5, 5.41) is 19.6. The number of rotatable bonds is 7. The fraction of sp³-hybridized carbons (Fsp3) is 0.333. The van der Waals surface area contributed by atoms with Crippen molar-refractivity contribution in [3.8, 4) is 17.2 Å². The van der Waals surface area contributed by atoms with Gasteiger partial charge in [-0.05, 0) is 48.2 Å². The first-order chi connectivity index (χ1) is 11.0. The molecule has 2 unspecified atom stereocenters. The van der Waals surface area contributed by atoms with Crippen LogP contribution in [0.4, 0.5) is 0 Å². The maximum atomic E-state index is 10.3. The standard InChI is InChI=1S/C18H23NO4/c1-22-16-10-4-12(11-17(16)23-2)3-9-15(19)18(21)13-5-7-14(20)8-6-13/h4-8,10-11,15,18,20-21H,3,9,19H2,1-2H3. The Balaban J connectivity index is 1.98. The van der Waals surface area contributed by atoms with Crippen LogP contribution in [0.1, 0.15) is 23.7 Å². The van der Waals surface area contributed by atoms with Crippen LogP contribution in [0.2, 0.25) is 0 Å². The molecule has 0 aromatic heterocycles. The SMILES string of the molecule is COc1ccc(CCC(N)C(O)c2ccc(O)cc2)cc1OC. The number of benzene rings is 2. The van der Waals surface area contributed by atoms with E-state index in [9.17, 15) is 10.2 Å². The Morgan fingerprint density at radius 1 is 1.00 bits per heavy atom. The summed E-state index contributed by atoms with van der Waals surface area (Å²) in [4.78, 5) is 0. The van der Waals surface area contributed by atoms with Gasteiger partial charge in [0.05, 0.1) is 20.3 Å². The lowest BCUT2D eigenvalue weighted by Crippen LogP contribution is -2.28. The molecule has 0 aliphatic heterocycles. The van der Waals surface area contributed by atoms with E-state index < -0.39 is 12.1 Å². The van der Waals surface area contributed by atoms with Gasteiger partial charge in [0.1, 0.15) is 5.75 Å². The van der Waals surface area contributed by atoms with Crippen molar-refractivity contribution in [3.63, 3.8) is 0 Å². The summed E-state index contributed by atoms with van der Waals surface area (Å²) in [6, 6.07) is 11.8. The number of aromatic hydroxyl groups is 1. The summed E-state index contributed by atoms with van der Waals surface area (Å²) < 4.78 is 10.5. The first-order valence-electron chi connectivity index (χ1n) is 7.48. The highest BCUT2D eigenvalue weighted by atomic mass is 16.5. The third-order valence-corrected chi connectivity index (χ3v) is 3.85. The minimum atomic E-state index is -0.768. The second-order valence-electron chi connectivity index (χ2n) is 5.43. The van der Waals surface area contributed by atoms with Gasteiger partial charge in [-0.2, -0.15) is 0 Å².